The molecule has 3 aromatic heterocycles. The molecule has 41 heavy (non-hydrogen) atoms. The highest BCUT2D eigenvalue weighted by atomic mass is 127. The number of aryl methyl sites for hydroxylation is 1. The summed E-state index contributed by atoms with van der Waals surface area (Å²) >= 11 is 1.17. The average Bonchev–Trinajstić information content (AvgIpc) is 3.47. The quantitative estimate of drug-likeness (QED) is 0.183. The number of rotatable bonds is 8. The predicted octanol–water partition coefficient (Wildman–Crippen LogP) is 5.49. The lowest BCUT2D eigenvalue weighted by Gasteiger charge is -2.39. The molecule has 2 fully saturated rings. The smallest absolute Gasteiger partial charge is 0.337 e. The van der Waals surface area contributed by atoms with Crippen molar-refractivity contribution in [2.24, 2.45) is 18.9 Å². The van der Waals surface area contributed by atoms with Gasteiger partial charge in [0.15, 0.2) is 0 Å². The van der Waals surface area contributed by atoms with E-state index in [-0.39, 0.29) is 28.8 Å². The van der Waals surface area contributed by atoms with E-state index in [1.807, 2.05) is 35.9 Å². The highest BCUT2D eigenvalue weighted by Gasteiger charge is 2.39. The van der Waals surface area contributed by atoms with Gasteiger partial charge in [-0.2, -0.15) is 8.78 Å². The molecule has 1 aliphatic heterocycles. The summed E-state index contributed by atoms with van der Waals surface area (Å²) in [5.74, 6) is 1.70. The average molecular weight is 677 g/mol. The van der Waals surface area contributed by atoms with Crippen LogP contribution in [0.1, 0.15) is 61.0 Å². The minimum absolute atomic E-state index is 0.0330. The van der Waals surface area contributed by atoms with Gasteiger partial charge in [-0.15, -0.1) is 10.2 Å². The van der Waals surface area contributed by atoms with Crippen molar-refractivity contribution in [2.45, 2.75) is 55.1 Å². The number of benzene rings is 1. The number of fused-ring (bicyclic) bond motifs is 1. The van der Waals surface area contributed by atoms with Gasteiger partial charge in [0.05, 0.1) is 22.9 Å². The first-order chi connectivity index (χ1) is 19.6. The zero-order chi connectivity index (χ0) is 28.9. The van der Waals surface area contributed by atoms with Crippen LogP contribution in [0.15, 0.2) is 53.8 Å². The van der Waals surface area contributed by atoms with E-state index in [0.29, 0.717) is 29.6 Å². The maximum absolute atomic E-state index is 14.9. The van der Waals surface area contributed by atoms with Crippen LogP contribution in [-0.4, -0.2) is 54.9 Å². The molecule has 1 aliphatic carbocycles. The summed E-state index contributed by atoms with van der Waals surface area (Å²) in [6, 6.07) is 9.32. The number of aromatic nitrogens is 5. The van der Waals surface area contributed by atoms with Crippen LogP contribution >= 0.6 is 22.6 Å². The third-order valence-corrected chi connectivity index (χ3v) is 9.33. The van der Waals surface area contributed by atoms with Crippen LogP contribution in [0.5, 0.6) is 0 Å². The Morgan fingerprint density at radius 1 is 1.22 bits per heavy atom. The van der Waals surface area contributed by atoms with Crippen LogP contribution in [0.3, 0.4) is 0 Å². The normalized spacial score (nSPS) is 22.6. The molecule has 8 nitrogen and oxygen atoms in total. The van der Waals surface area contributed by atoms with E-state index in [0.717, 1.165) is 43.7 Å². The van der Waals surface area contributed by atoms with Crippen molar-refractivity contribution < 1.29 is 13.5 Å². The van der Waals surface area contributed by atoms with Crippen LogP contribution in [-0.2, 0) is 22.3 Å². The molecule has 2 aliphatic rings. The second kappa shape index (κ2) is 11.2. The van der Waals surface area contributed by atoms with Gasteiger partial charge in [0, 0.05) is 68.1 Å². The van der Waals surface area contributed by atoms with Crippen molar-refractivity contribution in [3.8, 4) is 5.69 Å². The van der Waals surface area contributed by atoms with E-state index in [1.54, 1.807) is 25.7 Å². The maximum Gasteiger partial charge on any atom is 0.337 e. The molecule has 6 rings (SSSR count). The highest BCUT2D eigenvalue weighted by Crippen LogP contribution is 2.44. The molecule has 0 amide bonds. The van der Waals surface area contributed by atoms with E-state index in [4.69, 9.17) is 4.74 Å². The van der Waals surface area contributed by atoms with Gasteiger partial charge in [-0.1, -0.05) is 19.1 Å². The van der Waals surface area contributed by atoms with Gasteiger partial charge >= 0.3 is 9.62 Å². The summed E-state index contributed by atoms with van der Waals surface area (Å²) in [5, 5.41) is 8.52. The molecule has 11 heteroatoms. The van der Waals surface area contributed by atoms with E-state index < -0.39 is 3.93 Å². The van der Waals surface area contributed by atoms with Crippen LogP contribution in [0, 0.1) is 11.8 Å². The number of ether oxygens (including phenoxy) is 1. The molecule has 1 saturated carbocycles. The molecule has 1 saturated heterocycles. The van der Waals surface area contributed by atoms with Gasteiger partial charge in [0.25, 0.3) is 0 Å². The van der Waals surface area contributed by atoms with Gasteiger partial charge in [-0.05, 0) is 73.4 Å². The van der Waals surface area contributed by atoms with Crippen molar-refractivity contribution in [3.63, 3.8) is 0 Å². The fraction of sp³-hybridized carbons (Fsp3) is 0.500. The minimum atomic E-state index is -3.13. The summed E-state index contributed by atoms with van der Waals surface area (Å²) in [6.07, 6.45) is 9.25. The summed E-state index contributed by atoms with van der Waals surface area (Å²) < 4.78 is 37.1. The molecule has 0 radical (unpaired) electrons. The number of hydrogen-bond donors (Lipinski definition) is 0. The molecule has 0 N–H and O–H groups in total. The summed E-state index contributed by atoms with van der Waals surface area (Å²) in [4.78, 5) is 16.1. The van der Waals surface area contributed by atoms with Crippen molar-refractivity contribution in [3.05, 3.63) is 82.1 Å². The lowest BCUT2D eigenvalue weighted by atomic mass is 9.70. The highest BCUT2D eigenvalue weighted by molar-refractivity contribution is 14.1. The first-order valence-electron chi connectivity index (χ1n) is 14.2. The Balaban J connectivity index is 1.41. The molecule has 0 spiro atoms. The fourth-order valence-electron chi connectivity index (χ4n) is 6.58. The van der Waals surface area contributed by atoms with Crippen LogP contribution in [0.25, 0.3) is 11.2 Å². The van der Waals surface area contributed by atoms with Crippen molar-refractivity contribution in [1.82, 2.24) is 28.6 Å². The number of alkyl halides is 3. The summed E-state index contributed by atoms with van der Waals surface area (Å²) in [7, 11) is 3.66. The molecule has 0 bridgehead atoms. The Kier molecular flexibility index (Phi) is 7.79. The molecule has 2 atom stereocenters. The zero-order valence-electron chi connectivity index (χ0n) is 23.5. The Morgan fingerprint density at radius 3 is 2.71 bits per heavy atom. The fourth-order valence-corrected chi connectivity index (χ4v) is 7.01. The third kappa shape index (κ3) is 5.60. The van der Waals surface area contributed by atoms with Gasteiger partial charge in [0.2, 0.25) is 0 Å². The molecule has 0 unspecified atom stereocenters. The number of imidazole rings is 1. The van der Waals surface area contributed by atoms with E-state index in [9.17, 15) is 13.6 Å². The molecule has 4 aromatic rings. The van der Waals surface area contributed by atoms with Gasteiger partial charge < -0.3 is 9.30 Å². The third-order valence-electron chi connectivity index (χ3n) is 8.74. The lowest BCUT2D eigenvalue weighted by molar-refractivity contribution is -0.00525. The Bertz CT molecular complexity index is 1600. The zero-order valence-corrected chi connectivity index (χ0v) is 25.7. The van der Waals surface area contributed by atoms with Crippen molar-refractivity contribution in [2.75, 3.05) is 20.2 Å². The van der Waals surface area contributed by atoms with Gasteiger partial charge in [-0.25, -0.2) is 4.79 Å². The number of methoxy groups -OCH3 is 1. The predicted molar refractivity (Wildman–Crippen MR) is 161 cm³/mol. The van der Waals surface area contributed by atoms with Crippen LogP contribution < -0.4 is 5.69 Å². The van der Waals surface area contributed by atoms with E-state index in [2.05, 4.69) is 22.0 Å². The molecular weight excluding hydrogens is 641 g/mol. The Morgan fingerprint density at radius 2 is 2.02 bits per heavy atom. The standard InChI is InChI=1S/C30H35F2IN6O2/c1-19-6-5-9-37(14-19)15-20-10-25(30(31,32)33)26-17-38(29(40)39(26)16-20)23-8-4-7-21(11-23)27(22-12-24(13-22)41-3)28-35-34-18-36(28)2/h4,7-8,10-11,16-19,22,24,27H,5-6,9,12-15H2,1-3H3/t19-,22?,24?,27-/m0/s1. The summed E-state index contributed by atoms with van der Waals surface area (Å²) in [5.41, 5.74) is 2.03. The van der Waals surface area contributed by atoms with Gasteiger partial charge in [0.1, 0.15) is 12.2 Å². The molecule has 1 aromatic carbocycles. The first kappa shape index (κ1) is 28.5. The molecule has 4 heterocycles. The van der Waals surface area contributed by atoms with Crippen molar-refractivity contribution >= 4 is 28.1 Å². The maximum atomic E-state index is 14.9. The Labute approximate surface area is 251 Å². The number of likely N-dealkylation sites (tertiary alicyclic amines) is 1. The second-order valence-electron chi connectivity index (χ2n) is 11.7. The van der Waals surface area contributed by atoms with Crippen LogP contribution in [0.2, 0.25) is 0 Å². The van der Waals surface area contributed by atoms with Crippen molar-refractivity contribution in [1.29, 1.82) is 0 Å². The number of hydrogen-bond acceptors (Lipinski definition) is 5. The summed E-state index contributed by atoms with van der Waals surface area (Å²) in [6.45, 7) is 4.61. The number of piperidine rings is 1. The first-order valence-corrected chi connectivity index (χ1v) is 15.2. The van der Waals surface area contributed by atoms with Gasteiger partial charge in [-0.3, -0.25) is 13.9 Å². The number of halogens is 3. The minimum Gasteiger partial charge on any atom is -0.381 e. The molecule has 218 valence electrons. The topological polar surface area (TPSA) is 69.6 Å². The Hall–Kier alpha value is -2.64. The number of nitrogens with zero attached hydrogens (tertiary/aromatic N) is 6. The largest absolute Gasteiger partial charge is 0.381 e. The lowest BCUT2D eigenvalue weighted by Crippen LogP contribution is -2.35. The second-order valence-corrected chi connectivity index (χ2v) is 13.1. The van der Waals surface area contributed by atoms with E-state index >= 15 is 0 Å². The van der Waals surface area contributed by atoms with E-state index in [1.165, 1.54) is 44.2 Å². The monoisotopic (exact) mass is 676 g/mol. The van der Waals surface area contributed by atoms with Crippen LogP contribution in [0.4, 0.5) is 8.78 Å². The SMILES string of the molecule is COC1CC([C@H](c2cccc(-n3cc4c(C(F)(F)I)cc(CN5CCC[C@H](C)C5)cn4c3=O)c2)c2nncn2C)C1. The molecular formula is C30H35F2IN6O2. The number of pyridine rings is 1.